The lowest BCUT2D eigenvalue weighted by atomic mass is 10.2. The highest BCUT2D eigenvalue weighted by Crippen LogP contribution is 2.19. The first-order chi connectivity index (χ1) is 14.3. The van der Waals surface area contributed by atoms with Crippen LogP contribution in [0.25, 0.3) is 0 Å². The van der Waals surface area contributed by atoms with Crippen LogP contribution in [0.4, 0.5) is 4.39 Å². The van der Waals surface area contributed by atoms with Crippen molar-refractivity contribution in [1.82, 2.24) is 9.62 Å². The summed E-state index contributed by atoms with van der Waals surface area (Å²) in [5, 5.41) is 2.66. The zero-order valence-corrected chi connectivity index (χ0v) is 17.3. The topological polar surface area (TPSA) is 88.9 Å². The number of hydrogen-bond acceptors (Lipinski definition) is 5. The van der Waals surface area contributed by atoms with Gasteiger partial charge in [-0.2, -0.15) is 0 Å². The minimum Gasteiger partial charge on any atom is -0.486 e. The Balaban J connectivity index is 1.62. The third kappa shape index (κ3) is 5.05. The average molecular weight is 432 g/mol. The first-order valence-corrected chi connectivity index (χ1v) is 10.5. The number of nitrogens with one attached hydrogen (secondary N) is 1. The van der Waals surface area contributed by atoms with E-state index in [9.17, 15) is 17.6 Å². The van der Waals surface area contributed by atoms with Crippen molar-refractivity contribution in [3.63, 3.8) is 0 Å². The first-order valence-electron chi connectivity index (χ1n) is 9.03. The van der Waals surface area contributed by atoms with Gasteiger partial charge in [0, 0.05) is 20.6 Å². The van der Waals surface area contributed by atoms with Crippen LogP contribution < -0.4 is 10.1 Å². The Kier molecular flexibility index (Phi) is 6.53. The molecule has 2 aromatic carbocycles. The number of sulfonamides is 1. The summed E-state index contributed by atoms with van der Waals surface area (Å²) in [4.78, 5) is 12.5. The van der Waals surface area contributed by atoms with Crippen LogP contribution in [0, 0.1) is 5.82 Å². The normalized spacial score (nSPS) is 11.5. The largest absolute Gasteiger partial charge is 0.486 e. The molecule has 0 bridgehead atoms. The quantitative estimate of drug-likeness (QED) is 0.591. The molecule has 1 aromatic heterocycles. The Hall–Kier alpha value is -3.17. The highest BCUT2D eigenvalue weighted by atomic mass is 32.2. The Morgan fingerprint density at radius 2 is 1.77 bits per heavy atom. The first kappa shape index (κ1) is 21.5. The molecule has 3 rings (SSSR count). The van der Waals surface area contributed by atoms with Crippen molar-refractivity contribution in [1.29, 1.82) is 0 Å². The van der Waals surface area contributed by atoms with Crippen LogP contribution in [-0.4, -0.2) is 32.7 Å². The van der Waals surface area contributed by atoms with Crippen LogP contribution >= 0.6 is 0 Å². The number of carbonyl (C=O) groups is 1. The molecule has 1 heterocycles. The standard InChI is InChI=1S/C21H21FN2O5S/c1-24(2)30(26,27)20-6-4-3-5-15(20)13-23-21(25)19-12-11-18(29-19)14-28-17-9-7-16(22)8-10-17/h3-12H,13-14H2,1-2H3,(H,23,25). The second-order valence-electron chi connectivity index (χ2n) is 6.59. The predicted octanol–water partition coefficient (Wildman–Crippen LogP) is 3.18. The number of carbonyl (C=O) groups excluding carboxylic acids is 1. The highest BCUT2D eigenvalue weighted by molar-refractivity contribution is 7.89. The van der Waals surface area contributed by atoms with Gasteiger partial charge in [-0.3, -0.25) is 4.79 Å². The molecule has 0 radical (unpaired) electrons. The Morgan fingerprint density at radius 1 is 1.07 bits per heavy atom. The van der Waals surface area contributed by atoms with Crippen LogP contribution in [-0.2, 0) is 23.2 Å². The fourth-order valence-corrected chi connectivity index (χ4v) is 3.74. The van der Waals surface area contributed by atoms with Gasteiger partial charge in [0.1, 0.15) is 23.9 Å². The van der Waals surface area contributed by atoms with E-state index < -0.39 is 15.9 Å². The van der Waals surface area contributed by atoms with Crippen LogP contribution in [0.3, 0.4) is 0 Å². The van der Waals surface area contributed by atoms with Crippen LogP contribution in [0.15, 0.2) is 70.0 Å². The molecule has 30 heavy (non-hydrogen) atoms. The van der Waals surface area contributed by atoms with E-state index in [2.05, 4.69) is 5.32 Å². The summed E-state index contributed by atoms with van der Waals surface area (Å²) >= 11 is 0. The maximum Gasteiger partial charge on any atom is 0.287 e. The highest BCUT2D eigenvalue weighted by Gasteiger charge is 2.21. The van der Waals surface area contributed by atoms with Gasteiger partial charge in [-0.25, -0.2) is 17.1 Å². The number of benzene rings is 2. The number of furan rings is 1. The molecule has 158 valence electrons. The molecular formula is C21H21FN2O5S. The maximum atomic E-state index is 12.9. The van der Waals surface area contributed by atoms with Crippen LogP contribution in [0.5, 0.6) is 5.75 Å². The lowest BCUT2D eigenvalue weighted by molar-refractivity contribution is 0.0918. The SMILES string of the molecule is CN(C)S(=O)(=O)c1ccccc1CNC(=O)c1ccc(COc2ccc(F)cc2)o1. The number of nitrogens with zero attached hydrogens (tertiary/aromatic N) is 1. The van der Waals surface area contributed by atoms with E-state index in [1.807, 2.05) is 0 Å². The van der Waals surface area contributed by atoms with E-state index in [0.717, 1.165) is 4.31 Å². The van der Waals surface area contributed by atoms with Gasteiger partial charge in [0.05, 0.1) is 4.90 Å². The fraction of sp³-hybridized carbons (Fsp3) is 0.190. The molecule has 0 aliphatic carbocycles. The molecule has 1 N–H and O–H groups in total. The number of amides is 1. The smallest absolute Gasteiger partial charge is 0.287 e. The Bertz CT molecular complexity index is 1120. The average Bonchev–Trinajstić information content (AvgIpc) is 3.21. The molecule has 0 unspecified atom stereocenters. The summed E-state index contributed by atoms with van der Waals surface area (Å²) in [6.45, 7) is 0.0903. The summed E-state index contributed by atoms with van der Waals surface area (Å²) in [7, 11) is -0.739. The molecule has 0 saturated carbocycles. The van der Waals surface area contributed by atoms with Gasteiger partial charge in [-0.15, -0.1) is 0 Å². The molecule has 7 nitrogen and oxygen atoms in total. The van der Waals surface area contributed by atoms with Gasteiger partial charge in [-0.1, -0.05) is 18.2 Å². The van der Waals surface area contributed by atoms with Crippen LogP contribution in [0.1, 0.15) is 21.9 Å². The molecule has 0 spiro atoms. The summed E-state index contributed by atoms with van der Waals surface area (Å²) in [6.07, 6.45) is 0. The summed E-state index contributed by atoms with van der Waals surface area (Å²) in [5.74, 6) is 0.109. The van der Waals surface area contributed by atoms with Crippen molar-refractivity contribution in [2.75, 3.05) is 14.1 Å². The van der Waals surface area contributed by atoms with E-state index >= 15 is 0 Å². The molecule has 0 aliphatic heterocycles. The van der Waals surface area contributed by atoms with Gasteiger partial charge in [0.2, 0.25) is 10.0 Å². The van der Waals surface area contributed by atoms with Crippen LogP contribution in [0.2, 0.25) is 0 Å². The number of halogens is 1. The van der Waals surface area contributed by atoms with Crippen molar-refractivity contribution in [3.05, 3.63) is 83.6 Å². The zero-order valence-electron chi connectivity index (χ0n) is 16.5. The van der Waals surface area contributed by atoms with Crippen molar-refractivity contribution < 1.29 is 26.8 Å². The molecule has 1 amide bonds. The Morgan fingerprint density at radius 3 is 2.47 bits per heavy atom. The summed E-state index contributed by atoms with van der Waals surface area (Å²) in [6, 6.07) is 15.1. The molecule has 0 aliphatic rings. The van der Waals surface area contributed by atoms with Crippen molar-refractivity contribution in [3.8, 4) is 5.75 Å². The van der Waals surface area contributed by atoms with E-state index in [-0.39, 0.29) is 29.6 Å². The lowest BCUT2D eigenvalue weighted by Gasteiger charge is -2.15. The van der Waals surface area contributed by atoms with Crippen molar-refractivity contribution in [2.24, 2.45) is 0 Å². The third-order valence-electron chi connectivity index (χ3n) is 4.25. The number of rotatable bonds is 8. The monoisotopic (exact) mass is 432 g/mol. The second kappa shape index (κ2) is 9.10. The second-order valence-corrected chi connectivity index (χ2v) is 8.71. The van der Waals surface area contributed by atoms with Gasteiger partial charge in [0.15, 0.2) is 5.76 Å². The summed E-state index contributed by atoms with van der Waals surface area (Å²) < 4.78 is 49.9. The van der Waals surface area contributed by atoms with Gasteiger partial charge in [0.25, 0.3) is 5.91 Å². The van der Waals surface area contributed by atoms with E-state index in [0.29, 0.717) is 17.1 Å². The van der Waals surface area contributed by atoms with Gasteiger partial charge in [-0.05, 0) is 48.0 Å². The van der Waals surface area contributed by atoms with Crippen molar-refractivity contribution >= 4 is 15.9 Å². The van der Waals surface area contributed by atoms with E-state index in [1.54, 1.807) is 24.3 Å². The van der Waals surface area contributed by atoms with E-state index in [4.69, 9.17) is 9.15 Å². The molecule has 9 heteroatoms. The van der Waals surface area contributed by atoms with Gasteiger partial charge >= 0.3 is 0 Å². The minimum absolute atomic E-state index is 0.0180. The predicted molar refractivity (Wildman–Crippen MR) is 108 cm³/mol. The van der Waals surface area contributed by atoms with Crippen molar-refractivity contribution in [2.45, 2.75) is 18.0 Å². The third-order valence-corrected chi connectivity index (χ3v) is 6.17. The number of hydrogen-bond donors (Lipinski definition) is 1. The zero-order chi connectivity index (χ0) is 21.7. The summed E-state index contributed by atoms with van der Waals surface area (Å²) in [5.41, 5.74) is 0.464. The van der Waals surface area contributed by atoms with Gasteiger partial charge < -0.3 is 14.5 Å². The Labute approximate surface area is 174 Å². The maximum absolute atomic E-state index is 12.9. The molecular weight excluding hydrogens is 411 g/mol. The molecule has 3 aromatic rings. The fourth-order valence-electron chi connectivity index (χ4n) is 2.62. The lowest BCUT2D eigenvalue weighted by Crippen LogP contribution is -2.26. The molecule has 0 atom stereocenters. The minimum atomic E-state index is -3.63. The molecule has 0 fully saturated rings. The van der Waals surface area contributed by atoms with E-state index in [1.165, 1.54) is 50.5 Å². The molecule has 0 saturated heterocycles. The number of ether oxygens (including phenoxy) is 1.